The van der Waals surface area contributed by atoms with Gasteiger partial charge in [0.15, 0.2) is 0 Å². The van der Waals surface area contributed by atoms with E-state index >= 15 is 0 Å². The molecule has 11 rings (SSSR count). The van der Waals surface area contributed by atoms with Crippen molar-refractivity contribution in [3.05, 3.63) is 191 Å². The van der Waals surface area contributed by atoms with Crippen LogP contribution in [0.5, 0.6) is 0 Å². The van der Waals surface area contributed by atoms with Crippen molar-refractivity contribution in [3.8, 4) is 0 Å². The number of fused-ring (bicyclic) bond motifs is 10. The van der Waals surface area contributed by atoms with Crippen molar-refractivity contribution in [2.75, 3.05) is 0 Å². The van der Waals surface area contributed by atoms with Crippen LogP contribution in [0.2, 0.25) is 0 Å². The van der Waals surface area contributed by atoms with E-state index in [2.05, 4.69) is 152 Å². The van der Waals surface area contributed by atoms with Gasteiger partial charge in [-0.1, -0.05) is 134 Å². The molecule has 0 fully saturated rings. The average molecular weight is 684 g/mol. The quantitative estimate of drug-likeness (QED) is 0.189. The van der Waals surface area contributed by atoms with Crippen molar-refractivity contribution in [1.82, 2.24) is 4.98 Å². The number of dihydropyridines is 1. The Hall–Kier alpha value is -6.13. The van der Waals surface area contributed by atoms with Crippen LogP contribution in [0.4, 0.5) is 0 Å². The van der Waals surface area contributed by atoms with Crippen LogP contribution in [0.1, 0.15) is 70.4 Å². The van der Waals surface area contributed by atoms with E-state index in [0.29, 0.717) is 0 Å². The van der Waals surface area contributed by atoms with Crippen molar-refractivity contribution in [2.24, 2.45) is 21.8 Å². The summed E-state index contributed by atoms with van der Waals surface area (Å²) in [6.45, 7) is 0. The lowest BCUT2D eigenvalue weighted by molar-refractivity contribution is 0.584. The van der Waals surface area contributed by atoms with E-state index < -0.39 is 0 Å². The Labute approximate surface area is 309 Å². The van der Waals surface area contributed by atoms with E-state index in [-0.39, 0.29) is 29.8 Å². The van der Waals surface area contributed by atoms with Gasteiger partial charge in [-0.2, -0.15) is 0 Å². The molecule has 4 heteroatoms. The number of benzene rings is 3. The second-order valence-electron chi connectivity index (χ2n) is 14.8. The van der Waals surface area contributed by atoms with Crippen molar-refractivity contribution in [1.29, 1.82) is 0 Å². The molecule has 4 heterocycles. The molecule has 2 aliphatic heterocycles. The summed E-state index contributed by atoms with van der Waals surface area (Å²) in [7, 11) is 0. The number of allylic oxidation sites excluding steroid dienone is 11. The second-order valence-corrected chi connectivity index (χ2v) is 14.8. The van der Waals surface area contributed by atoms with Gasteiger partial charge in [-0.15, -0.1) is 0 Å². The van der Waals surface area contributed by atoms with Crippen LogP contribution in [0.3, 0.4) is 0 Å². The molecular weight excluding hydrogens is 647 g/mol. The summed E-state index contributed by atoms with van der Waals surface area (Å²) in [5.41, 5.74) is 14.7. The van der Waals surface area contributed by atoms with Crippen molar-refractivity contribution in [3.63, 3.8) is 0 Å². The minimum Gasteiger partial charge on any atom is -0.456 e. The lowest BCUT2D eigenvalue weighted by Crippen LogP contribution is -2.25. The van der Waals surface area contributed by atoms with E-state index in [0.717, 1.165) is 75.1 Å². The Kier molecular flexibility index (Phi) is 7.04. The van der Waals surface area contributed by atoms with Crippen LogP contribution in [0.15, 0.2) is 166 Å². The third-order valence-electron chi connectivity index (χ3n) is 11.7. The zero-order valence-electron chi connectivity index (χ0n) is 29.3. The van der Waals surface area contributed by atoms with E-state index in [1.807, 2.05) is 6.07 Å². The molecule has 53 heavy (non-hydrogen) atoms. The van der Waals surface area contributed by atoms with Crippen molar-refractivity contribution in [2.45, 2.75) is 37.3 Å². The normalized spacial score (nSPS) is 24.9. The van der Waals surface area contributed by atoms with E-state index in [4.69, 9.17) is 19.4 Å². The number of pyridine rings is 1. The van der Waals surface area contributed by atoms with Gasteiger partial charge in [-0.25, -0.2) is 0 Å². The summed E-state index contributed by atoms with van der Waals surface area (Å²) in [5.74, 6) is 0.637. The van der Waals surface area contributed by atoms with Gasteiger partial charge in [0.1, 0.15) is 17.2 Å². The predicted octanol–water partition coefficient (Wildman–Crippen LogP) is 11.5. The largest absolute Gasteiger partial charge is 0.456 e. The topological polar surface area (TPSA) is 50.8 Å². The van der Waals surface area contributed by atoms with Gasteiger partial charge < -0.3 is 4.42 Å². The molecule has 5 atom stereocenters. The highest BCUT2D eigenvalue weighted by Crippen LogP contribution is 2.44. The molecule has 4 aliphatic carbocycles. The van der Waals surface area contributed by atoms with Crippen LogP contribution in [-0.2, 0) is 0 Å². The Morgan fingerprint density at radius 2 is 1.60 bits per heavy atom. The fourth-order valence-electron chi connectivity index (χ4n) is 8.97. The van der Waals surface area contributed by atoms with Gasteiger partial charge in [0.05, 0.1) is 23.1 Å². The molecule has 0 amide bonds. The molecule has 0 bridgehead atoms. The number of aromatic nitrogens is 1. The maximum Gasteiger partial charge on any atom is 0.139 e. The maximum atomic E-state index is 6.55. The molecule has 0 radical (unpaired) electrons. The number of aliphatic imine (C=N–C) groups is 2. The molecule has 0 saturated heterocycles. The summed E-state index contributed by atoms with van der Waals surface area (Å²) in [5, 5.41) is 2.32. The number of hydrogen-bond acceptors (Lipinski definition) is 4. The molecule has 5 aromatic rings. The number of rotatable bonds is 4. The second kappa shape index (κ2) is 12.2. The van der Waals surface area contributed by atoms with Gasteiger partial charge in [-0.05, 0) is 65.8 Å². The Morgan fingerprint density at radius 3 is 2.49 bits per heavy atom. The first-order chi connectivity index (χ1) is 26.2. The lowest BCUT2D eigenvalue weighted by Gasteiger charge is -2.30. The molecule has 0 saturated carbocycles. The molecule has 0 spiro atoms. The van der Waals surface area contributed by atoms with Gasteiger partial charge in [0, 0.05) is 50.9 Å². The monoisotopic (exact) mass is 683 g/mol. The predicted molar refractivity (Wildman–Crippen MR) is 218 cm³/mol. The number of furan rings is 1. The van der Waals surface area contributed by atoms with E-state index in [1.54, 1.807) is 0 Å². The minimum absolute atomic E-state index is 0.0205. The van der Waals surface area contributed by atoms with Gasteiger partial charge in [0.2, 0.25) is 0 Å². The zero-order chi connectivity index (χ0) is 34.9. The Bertz CT molecular complexity index is 2670. The molecule has 2 aromatic heterocycles. The van der Waals surface area contributed by atoms with Crippen LogP contribution in [0, 0.1) is 11.8 Å². The zero-order valence-corrected chi connectivity index (χ0v) is 29.3. The molecule has 4 nitrogen and oxygen atoms in total. The van der Waals surface area contributed by atoms with Gasteiger partial charge in [0.25, 0.3) is 0 Å². The fraction of sp³-hybridized carbons (Fsp3) is 0.163. The highest BCUT2D eigenvalue weighted by Gasteiger charge is 2.34. The number of hydrogen-bond donors (Lipinski definition) is 0. The van der Waals surface area contributed by atoms with Crippen LogP contribution >= 0.6 is 0 Å². The fourth-order valence-corrected chi connectivity index (χ4v) is 8.97. The highest BCUT2D eigenvalue weighted by atomic mass is 16.3. The summed E-state index contributed by atoms with van der Waals surface area (Å²) in [6, 6.07) is 26.2. The molecule has 6 aliphatic rings. The Morgan fingerprint density at radius 1 is 0.717 bits per heavy atom. The van der Waals surface area contributed by atoms with Crippen molar-refractivity contribution < 1.29 is 4.42 Å². The van der Waals surface area contributed by atoms with E-state index in [1.165, 1.54) is 27.8 Å². The van der Waals surface area contributed by atoms with E-state index in [9.17, 15) is 0 Å². The van der Waals surface area contributed by atoms with Gasteiger partial charge >= 0.3 is 0 Å². The molecule has 254 valence electrons. The lowest BCUT2D eigenvalue weighted by atomic mass is 9.79. The molecular formula is C49H37N3O. The molecule has 5 unspecified atom stereocenters. The highest BCUT2D eigenvalue weighted by molar-refractivity contribution is 6.18. The Balaban J connectivity index is 0.860. The van der Waals surface area contributed by atoms with Crippen LogP contribution in [0.25, 0.3) is 39.2 Å². The van der Waals surface area contributed by atoms with Gasteiger partial charge in [-0.3, -0.25) is 15.0 Å². The van der Waals surface area contributed by atoms with Crippen LogP contribution < -0.4 is 0 Å². The summed E-state index contributed by atoms with van der Waals surface area (Å²) in [4.78, 5) is 15.9. The first-order valence-electron chi connectivity index (χ1n) is 18.9. The maximum absolute atomic E-state index is 6.55. The number of nitrogens with zero attached hydrogens (tertiary/aromatic N) is 3. The summed E-state index contributed by atoms with van der Waals surface area (Å²) in [6.07, 6.45) is 34.4. The number of para-hydroxylation sites is 1. The van der Waals surface area contributed by atoms with Crippen LogP contribution in [-0.4, -0.2) is 22.4 Å². The first-order valence-corrected chi connectivity index (χ1v) is 18.9. The molecule has 3 aromatic carbocycles. The average Bonchev–Trinajstić information content (AvgIpc) is 3.62. The summed E-state index contributed by atoms with van der Waals surface area (Å²) >= 11 is 0. The van der Waals surface area contributed by atoms with Crippen molar-refractivity contribution >= 4 is 50.6 Å². The molecule has 0 N–H and O–H groups in total. The SMILES string of the molecule is C1=CCCC(c2ccc3c(n2)C2N=C(C4C=CC(c5ccc(C6=NC7C=CC=CC7c7c6ccc6c7oc7ccccc76)cc5)=CC4)C=CC2C=C3)=C1. The first kappa shape index (κ1) is 30.5. The smallest absolute Gasteiger partial charge is 0.139 e. The third-order valence-corrected chi connectivity index (χ3v) is 11.7. The summed E-state index contributed by atoms with van der Waals surface area (Å²) < 4.78 is 6.55. The standard InChI is InChI=1S/C49H37N3O/c1-2-8-32(9-3-1)41-28-24-35-22-23-36-25-29-42(51-48(36)47(35)50-41)33-18-14-30(15-19-33)31-16-20-34(21-17-31)46-40-27-26-38-37-10-5-7-13-44(37)53-49(38)45(40)39-11-4-6-12-43(39)52-46/h1-2,4-8,10-18,20-29,33,36,39,43,48H,3,9,19H2. The third kappa shape index (κ3) is 5.08. The minimum atomic E-state index is 0.0205.